The summed E-state index contributed by atoms with van der Waals surface area (Å²) in [5.41, 5.74) is 1.28. The van der Waals surface area contributed by atoms with Gasteiger partial charge in [-0.05, 0) is 23.8 Å². The smallest absolute Gasteiger partial charge is 0.258 e. The number of amides is 1. The number of fused-ring (bicyclic) bond motifs is 1. The van der Waals surface area contributed by atoms with Crippen molar-refractivity contribution in [3.63, 3.8) is 0 Å². The van der Waals surface area contributed by atoms with Gasteiger partial charge in [0, 0.05) is 37.5 Å². The highest BCUT2D eigenvalue weighted by Gasteiger charge is 2.41. The predicted octanol–water partition coefficient (Wildman–Crippen LogP) is 3.63. The third kappa shape index (κ3) is 3.10. The normalized spacial score (nSPS) is 19.2. The van der Waals surface area contributed by atoms with Crippen molar-refractivity contribution in [1.82, 2.24) is 10.2 Å². The molecule has 2 aromatic carbocycles. The van der Waals surface area contributed by atoms with Gasteiger partial charge >= 0.3 is 0 Å². The van der Waals surface area contributed by atoms with Crippen molar-refractivity contribution in [3.8, 4) is 0 Å². The minimum atomic E-state index is -0.505. The van der Waals surface area contributed by atoms with Gasteiger partial charge in [-0.25, -0.2) is 4.39 Å². The Morgan fingerprint density at radius 2 is 1.84 bits per heavy atom. The molecule has 4 rings (SSSR count). The summed E-state index contributed by atoms with van der Waals surface area (Å²) < 4.78 is 13.9. The number of nitrogens with one attached hydrogen (secondary N) is 2. The van der Waals surface area contributed by atoms with Crippen LogP contribution in [0.2, 0.25) is 5.02 Å². The molecule has 0 aliphatic carbocycles. The van der Waals surface area contributed by atoms with Crippen LogP contribution in [0.1, 0.15) is 28.8 Å². The van der Waals surface area contributed by atoms with Crippen LogP contribution in [0.3, 0.4) is 0 Å². The lowest BCUT2D eigenvalue weighted by Crippen LogP contribution is -2.62. The van der Waals surface area contributed by atoms with E-state index in [1.165, 1.54) is 6.07 Å². The number of anilines is 1. The number of likely N-dealkylation sites (tertiary alicyclic amines) is 1. The molecule has 2 aliphatic heterocycles. The van der Waals surface area contributed by atoms with E-state index >= 15 is 0 Å². The highest BCUT2D eigenvalue weighted by atomic mass is 35.5. The molecule has 2 aromatic rings. The van der Waals surface area contributed by atoms with E-state index in [9.17, 15) is 9.18 Å². The molecule has 0 unspecified atom stereocenters. The number of benzene rings is 2. The molecule has 2 aliphatic rings. The molecular weight excluding hydrogens is 341 g/mol. The van der Waals surface area contributed by atoms with Gasteiger partial charge in [0.2, 0.25) is 0 Å². The van der Waals surface area contributed by atoms with Crippen LogP contribution in [0.4, 0.5) is 10.1 Å². The fourth-order valence-corrected chi connectivity index (χ4v) is 3.83. The molecule has 4 nitrogen and oxygen atoms in total. The van der Waals surface area contributed by atoms with Crippen molar-refractivity contribution < 1.29 is 9.18 Å². The molecule has 130 valence electrons. The zero-order valence-corrected chi connectivity index (χ0v) is 14.4. The summed E-state index contributed by atoms with van der Waals surface area (Å²) in [6.45, 7) is 2.43. The second kappa shape index (κ2) is 6.32. The molecule has 0 bridgehead atoms. The predicted molar refractivity (Wildman–Crippen MR) is 96.2 cm³/mol. The first-order valence-corrected chi connectivity index (χ1v) is 8.79. The molecule has 25 heavy (non-hydrogen) atoms. The van der Waals surface area contributed by atoms with Gasteiger partial charge < -0.3 is 10.6 Å². The van der Waals surface area contributed by atoms with E-state index in [1.807, 2.05) is 24.3 Å². The fraction of sp³-hybridized carbons (Fsp3) is 0.316. The number of hydrogen-bond acceptors (Lipinski definition) is 3. The van der Waals surface area contributed by atoms with E-state index in [4.69, 9.17) is 11.6 Å². The van der Waals surface area contributed by atoms with E-state index < -0.39 is 11.5 Å². The molecule has 6 heteroatoms. The monoisotopic (exact) mass is 359 g/mol. The van der Waals surface area contributed by atoms with Crippen LogP contribution < -0.4 is 10.6 Å². The van der Waals surface area contributed by atoms with Crippen LogP contribution in [0.15, 0.2) is 42.5 Å². The van der Waals surface area contributed by atoms with Gasteiger partial charge in [0.1, 0.15) is 11.5 Å². The molecular formula is C19H19ClFN3O. The lowest BCUT2D eigenvalue weighted by atomic mass is 9.92. The largest absolute Gasteiger partial charge is 0.362 e. The maximum atomic E-state index is 13.9. The summed E-state index contributed by atoms with van der Waals surface area (Å²) in [6.07, 6.45) is 1.50. The highest BCUT2D eigenvalue weighted by Crippen LogP contribution is 2.33. The van der Waals surface area contributed by atoms with E-state index in [0.29, 0.717) is 5.69 Å². The number of nitrogens with zero attached hydrogens (tertiary/aromatic N) is 1. The van der Waals surface area contributed by atoms with Gasteiger partial charge in [0.15, 0.2) is 0 Å². The third-order valence-corrected chi connectivity index (χ3v) is 5.40. The lowest BCUT2D eigenvalue weighted by molar-refractivity contribution is 0.0818. The molecule has 1 saturated heterocycles. The Kier molecular flexibility index (Phi) is 4.13. The van der Waals surface area contributed by atoms with Crippen molar-refractivity contribution in [2.75, 3.05) is 18.4 Å². The molecule has 0 atom stereocenters. The lowest BCUT2D eigenvalue weighted by Gasteiger charge is -2.46. The second-order valence-corrected chi connectivity index (χ2v) is 7.10. The second-order valence-electron chi connectivity index (χ2n) is 6.69. The number of carbonyl (C=O) groups is 1. The van der Waals surface area contributed by atoms with Gasteiger partial charge in [-0.2, -0.15) is 0 Å². The van der Waals surface area contributed by atoms with Gasteiger partial charge in [-0.1, -0.05) is 35.9 Å². The summed E-state index contributed by atoms with van der Waals surface area (Å²) in [5.74, 6) is -0.833. The quantitative estimate of drug-likeness (QED) is 0.860. The van der Waals surface area contributed by atoms with E-state index in [-0.39, 0.29) is 11.5 Å². The SMILES string of the molecule is O=C1NC2(CCN(Cc3ccccc3Cl)CC2)Nc2cccc(F)c21. The summed E-state index contributed by atoms with van der Waals surface area (Å²) in [6, 6.07) is 12.5. The van der Waals surface area contributed by atoms with Crippen molar-refractivity contribution in [1.29, 1.82) is 0 Å². The van der Waals surface area contributed by atoms with E-state index in [1.54, 1.807) is 12.1 Å². The molecule has 1 spiro atoms. The number of halogens is 2. The first-order chi connectivity index (χ1) is 12.1. The molecule has 0 aromatic heterocycles. The molecule has 1 fully saturated rings. The Hall–Kier alpha value is -2.11. The summed E-state index contributed by atoms with van der Waals surface area (Å²) in [5, 5.41) is 7.11. The van der Waals surface area contributed by atoms with Crippen molar-refractivity contribution in [2.24, 2.45) is 0 Å². The molecule has 0 saturated carbocycles. The maximum Gasteiger partial charge on any atom is 0.258 e. The number of hydrogen-bond donors (Lipinski definition) is 2. The molecule has 2 heterocycles. The Morgan fingerprint density at radius 1 is 1.08 bits per heavy atom. The zero-order valence-electron chi connectivity index (χ0n) is 13.7. The number of carbonyl (C=O) groups excluding carboxylic acids is 1. The Bertz CT molecular complexity index is 818. The minimum absolute atomic E-state index is 0.103. The first kappa shape index (κ1) is 16.4. The average Bonchev–Trinajstić information content (AvgIpc) is 2.59. The summed E-state index contributed by atoms with van der Waals surface area (Å²) >= 11 is 6.24. The highest BCUT2D eigenvalue weighted by molar-refractivity contribution is 6.31. The Labute approximate surface area is 151 Å². The standard InChI is InChI=1S/C19H19ClFN3O/c20-14-5-2-1-4-13(14)12-24-10-8-19(9-11-24)22-16-7-3-6-15(21)17(16)18(25)23-19/h1-7,22H,8-12H2,(H,23,25). The number of piperidine rings is 1. The summed E-state index contributed by atoms with van der Waals surface area (Å²) in [7, 11) is 0. The Balaban J connectivity index is 1.47. The molecule has 1 amide bonds. The first-order valence-electron chi connectivity index (χ1n) is 8.41. The van der Waals surface area contributed by atoms with E-state index in [0.717, 1.165) is 43.1 Å². The van der Waals surface area contributed by atoms with Gasteiger partial charge in [-0.3, -0.25) is 9.69 Å². The molecule has 2 N–H and O–H groups in total. The minimum Gasteiger partial charge on any atom is -0.362 e. The third-order valence-electron chi connectivity index (χ3n) is 5.03. The van der Waals surface area contributed by atoms with Gasteiger partial charge in [0.25, 0.3) is 5.91 Å². The summed E-state index contributed by atoms with van der Waals surface area (Å²) in [4.78, 5) is 14.7. The maximum absolute atomic E-state index is 13.9. The van der Waals surface area contributed by atoms with Crippen LogP contribution in [0.5, 0.6) is 0 Å². The van der Waals surface area contributed by atoms with Crippen LogP contribution >= 0.6 is 11.6 Å². The number of rotatable bonds is 2. The molecule has 0 radical (unpaired) electrons. The zero-order chi connectivity index (χ0) is 17.4. The fourth-order valence-electron chi connectivity index (χ4n) is 3.64. The van der Waals surface area contributed by atoms with Crippen molar-refractivity contribution in [2.45, 2.75) is 25.0 Å². The Morgan fingerprint density at radius 3 is 2.60 bits per heavy atom. The van der Waals surface area contributed by atoms with Crippen LogP contribution in [-0.4, -0.2) is 29.6 Å². The average molecular weight is 360 g/mol. The van der Waals surface area contributed by atoms with Gasteiger partial charge in [-0.15, -0.1) is 0 Å². The van der Waals surface area contributed by atoms with Crippen molar-refractivity contribution >= 4 is 23.2 Å². The van der Waals surface area contributed by atoms with Crippen LogP contribution in [-0.2, 0) is 6.54 Å². The van der Waals surface area contributed by atoms with E-state index in [2.05, 4.69) is 15.5 Å². The van der Waals surface area contributed by atoms with Crippen molar-refractivity contribution in [3.05, 3.63) is 64.4 Å². The van der Waals surface area contributed by atoms with Crippen LogP contribution in [0.25, 0.3) is 0 Å². The topological polar surface area (TPSA) is 44.4 Å². The van der Waals surface area contributed by atoms with Gasteiger partial charge in [0.05, 0.1) is 11.3 Å². The van der Waals surface area contributed by atoms with Crippen LogP contribution in [0, 0.1) is 5.82 Å².